The molecule has 0 spiro atoms. The highest BCUT2D eigenvalue weighted by molar-refractivity contribution is 5.24. The molecule has 0 saturated heterocycles. The molecule has 6 heteroatoms. The van der Waals surface area contributed by atoms with Crippen LogP contribution in [0.15, 0.2) is 6.07 Å². The molecular weight excluding hydrogens is 150 g/mol. The summed E-state index contributed by atoms with van der Waals surface area (Å²) in [5.41, 5.74) is 0. The van der Waals surface area contributed by atoms with Gasteiger partial charge in [0, 0.05) is 0 Å². The Morgan fingerprint density at radius 1 is 1.91 bits per heavy atom. The zero-order chi connectivity index (χ0) is 8.27. The molecule has 6 nitrogen and oxygen atoms in total. The fourth-order valence-electron chi connectivity index (χ4n) is 0.609. The largest absolute Gasteiger partial charge is 0.475 e. The minimum Gasteiger partial charge on any atom is -0.475 e. The van der Waals surface area contributed by atoms with Crippen LogP contribution < -0.4 is 4.74 Å². The van der Waals surface area contributed by atoms with E-state index >= 15 is 0 Å². The number of aromatic nitrogens is 2. The van der Waals surface area contributed by atoms with Gasteiger partial charge in [-0.1, -0.05) is 0 Å². The van der Waals surface area contributed by atoms with Crippen LogP contribution in [0, 0.1) is 10.1 Å². The standard InChI is InChI=1S/C5H7N3O3/c1-2-11-5-3-4(6-7-5)8(9)10/h3H,2H2,1H3,(H,6,7). The van der Waals surface area contributed by atoms with Gasteiger partial charge in [-0.15, -0.1) is 5.10 Å². The molecule has 1 rings (SSSR count). The summed E-state index contributed by atoms with van der Waals surface area (Å²) in [6.07, 6.45) is 0. The maximum atomic E-state index is 10.1. The van der Waals surface area contributed by atoms with Crippen molar-refractivity contribution in [2.45, 2.75) is 6.92 Å². The van der Waals surface area contributed by atoms with Gasteiger partial charge in [0.2, 0.25) is 0 Å². The van der Waals surface area contributed by atoms with E-state index in [4.69, 9.17) is 4.74 Å². The second kappa shape index (κ2) is 3.00. The van der Waals surface area contributed by atoms with Crippen molar-refractivity contribution in [3.05, 3.63) is 16.2 Å². The Kier molecular flexibility index (Phi) is 2.05. The van der Waals surface area contributed by atoms with Gasteiger partial charge in [0.05, 0.1) is 12.7 Å². The van der Waals surface area contributed by atoms with E-state index < -0.39 is 4.92 Å². The molecule has 0 atom stereocenters. The summed E-state index contributed by atoms with van der Waals surface area (Å²) < 4.78 is 4.89. The van der Waals surface area contributed by atoms with Crippen molar-refractivity contribution >= 4 is 5.82 Å². The van der Waals surface area contributed by atoms with E-state index in [1.54, 1.807) is 6.92 Å². The molecule has 11 heavy (non-hydrogen) atoms. The lowest BCUT2D eigenvalue weighted by Gasteiger charge is -1.90. The molecule has 0 radical (unpaired) electrons. The van der Waals surface area contributed by atoms with Crippen molar-refractivity contribution < 1.29 is 9.66 Å². The fraction of sp³-hybridized carbons (Fsp3) is 0.400. The minimum atomic E-state index is -0.560. The van der Waals surface area contributed by atoms with Crippen LogP contribution in [0.3, 0.4) is 0 Å². The quantitative estimate of drug-likeness (QED) is 0.517. The third-order valence-electron chi connectivity index (χ3n) is 1.03. The van der Waals surface area contributed by atoms with Crippen LogP contribution in [-0.2, 0) is 0 Å². The topological polar surface area (TPSA) is 81.0 Å². The smallest absolute Gasteiger partial charge is 0.346 e. The minimum absolute atomic E-state index is 0.159. The van der Waals surface area contributed by atoms with Crippen LogP contribution in [-0.4, -0.2) is 21.7 Å². The molecule has 0 bridgehead atoms. The highest BCUT2D eigenvalue weighted by atomic mass is 16.6. The van der Waals surface area contributed by atoms with Crippen LogP contribution in [0.5, 0.6) is 5.88 Å². The molecule has 0 aliphatic heterocycles. The Balaban J connectivity index is 2.73. The molecule has 0 aromatic carbocycles. The first kappa shape index (κ1) is 7.52. The molecule has 60 valence electrons. The highest BCUT2D eigenvalue weighted by Crippen LogP contribution is 2.13. The Labute approximate surface area is 62.3 Å². The average Bonchev–Trinajstić information content (AvgIpc) is 2.37. The zero-order valence-electron chi connectivity index (χ0n) is 5.90. The number of nitrogens with one attached hydrogen (secondary N) is 1. The summed E-state index contributed by atoms with van der Waals surface area (Å²) >= 11 is 0. The fourth-order valence-corrected chi connectivity index (χ4v) is 0.609. The van der Waals surface area contributed by atoms with E-state index in [0.717, 1.165) is 0 Å². The number of hydrogen-bond donors (Lipinski definition) is 1. The van der Waals surface area contributed by atoms with Gasteiger partial charge in [0.15, 0.2) is 0 Å². The molecule has 0 aliphatic rings. The van der Waals surface area contributed by atoms with Crippen LogP contribution in [0.25, 0.3) is 0 Å². The number of ether oxygens (including phenoxy) is 1. The SMILES string of the molecule is CCOc1cc([N+](=O)[O-])[nH]n1. The van der Waals surface area contributed by atoms with E-state index in [0.29, 0.717) is 6.61 Å². The first-order valence-corrected chi connectivity index (χ1v) is 3.06. The van der Waals surface area contributed by atoms with Crippen molar-refractivity contribution in [2.75, 3.05) is 6.61 Å². The van der Waals surface area contributed by atoms with Crippen molar-refractivity contribution in [1.82, 2.24) is 10.2 Å². The van der Waals surface area contributed by atoms with Gasteiger partial charge in [0.1, 0.15) is 0 Å². The molecule has 0 fully saturated rings. The summed E-state index contributed by atoms with van der Waals surface area (Å²) in [6.45, 7) is 2.22. The second-order valence-electron chi connectivity index (χ2n) is 1.78. The van der Waals surface area contributed by atoms with Crippen molar-refractivity contribution in [3.63, 3.8) is 0 Å². The van der Waals surface area contributed by atoms with Crippen molar-refractivity contribution in [2.24, 2.45) is 0 Å². The monoisotopic (exact) mass is 157 g/mol. The van der Waals surface area contributed by atoms with Gasteiger partial charge >= 0.3 is 5.82 Å². The summed E-state index contributed by atoms with van der Waals surface area (Å²) in [6, 6.07) is 1.24. The lowest BCUT2D eigenvalue weighted by molar-refractivity contribution is -0.389. The van der Waals surface area contributed by atoms with E-state index in [9.17, 15) is 10.1 Å². The molecule has 0 aliphatic carbocycles. The molecule has 1 N–H and O–H groups in total. The summed E-state index contributed by atoms with van der Waals surface area (Å²) in [4.78, 5) is 9.54. The van der Waals surface area contributed by atoms with Crippen LogP contribution in [0.1, 0.15) is 6.92 Å². The Hall–Kier alpha value is -1.59. The predicted molar refractivity (Wildman–Crippen MR) is 36.4 cm³/mol. The average molecular weight is 157 g/mol. The third kappa shape index (κ3) is 1.66. The molecule has 1 aromatic heterocycles. The Morgan fingerprint density at radius 2 is 2.64 bits per heavy atom. The van der Waals surface area contributed by atoms with E-state index in [-0.39, 0.29) is 11.7 Å². The normalized spacial score (nSPS) is 9.55. The van der Waals surface area contributed by atoms with Gasteiger partial charge in [0.25, 0.3) is 5.88 Å². The maximum Gasteiger partial charge on any atom is 0.346 e. The van der Waals surface area contributed by atoms with Gasteiger partial charge in [-0.05, 0) is 16.9 Å². The van der Waals surface area contributed by atoms with Gasteiger partial charge in [-0.3, -0.25) is 0 Å². The third-order valence-corrected chi connectivity index (χ3v) is 1.03. The van der Waals surface area contributed by atoms with Gasteiger partial charge in [-0.25, -0.2) is 0 Å². The molecule has 0 saturated carbocycles. The van der Waals surface area contributed by atoms with Crippen molar-refractivity contribution in [3.8, 4) is 5.88 Å². The highest BCUT2D eigenvalue weighted by Gasteiger charge is 2.09. The second-order valence-corrected chi connectivity index (χ2v) is 1.78. The van der Waals surface area contributed by atoms with Crippen LogP contribution in [0.4, 0.5) is 5.82 Å². The van der Waals surface area contributed by atoms with E-state index in [1.807, 2.05) is 0 Å². The number of nitro groups is 1. The Morgan fingerprint density at radius 3 is 3.09 bits per heavy atom. The summed E-state index contributed by atoms with van der Waals surface area (Å²) in [5, 5.41) is 15.9. The van der Waals surface area contributed by atoms with Gasteiger partial charge in [-0.2, -0.15) is 0 Å². The predicted octanol–water partition coefficient (Wildman–Crippen LogP) is 0.717. The summed E-state index contributed by atoms with van der Waals surface area (Å²) in [7, 11) is 0. The first-order valence-electron chi connectivity index (χ1n) is 3.06. The number of rotatable bonds is 3. The molecule has 1 aromatic rings. The Bertz CT molecular complexity index is 257. The van der Waals surface area contributed by atoms with Gasteiger partial charge < -0.3 is 14.9 Å². The molecule has 0 unspecified atom stereocenters. The number of H-pyrrole nitrogens is 1. The summed E-state index contributed by atoms with van der Waals surface area (Å²) in [5.74, 6) is 0.0904. The first-order chi connectivity index (χ1) is 5.24. The van der Waals surface area contributed by atoms with Crippen molar-refractivity contribution in [1.29, 1.82) is 0 Å². The van der Waals surface area contributed by atoms with Crippen LogP contribution >= 0.6 is 0 Å². The number of nitrogens with zero attached hydrogens (tertiary/aromatic N) is 2. The van der Waals surface area contributed by atoms with Crippen LogP contribution in [0.2, 0.25) is 0 Å². The zero-order valence-corrected chi connectivity index (χ0v) is 5.90. The lowest BCUT2D eigenvalue weighted by atomic mass is 10.6. The molecular formula is C5H7N3O3. The molecule has 1 heterocycles. The molecule has 0 amide bonds. The number of hydrogen-bond acceptors (Lipinski definition) is 4. The van der Waals surface area contributed by atoms with E-state index in [1.165, 1.54) is 6.07 Å². The maximum absolute atomic E-state index is 10.1. The lowest BCUT2D eigenvalue weighted by Crippen LogP contribution is -1.90. The number of aromatic amines is 1. The van der Waals surface area contributed by atoms with E-state index in [2.05, 4.69) is 10.2 Å².